The van der Waals surface area contributed by atoms with Crippen LogP contribution in [0.15, 0.2) is 76.6 Å². The van der Waals surface area contributed by atoms with E-state index < -0.39 is 17.1 Å². The molecule has 3 aromatic heterocycles. The van der Waals surface area contributed by atoms with Gasteiger partial charge in [-0.2, -0.15) is 5.10 Å². The van der Waals surface area contributed by atoms with Crippen LogP contribution in [0.3, 0.4) is 0 Å². The van der Waals surface area contributed by atoms with Crippen LogP contribution in [-0.2, 0) is 20.1 Å². The minimum atomic E-state index is -0.520. The van der Waals surface area contributed by atoms with Crippen molar-refractivity contribution >= 4 is 11.0 Å². The van der Waals surface area contributed by atoms with Gasteiger partial charge in [-0.3, -0.25) is 18.6 Å². The van der Waals surface area contributed by atoms with Crippen molar-refractivity contribution in [2.24, 2.45) is 7.05 Å². The lowest BCUT2D eigenvalue weighted by molar-refractivity contribution is 0.414. The van der Waals surface area contributed by atoms with E-state index in [4.69, 9.17) is 4.74 Å². The molecule has 0 aliphatic heterocycles. The predicted octanol–water partition coefficient (Wildman–Crippen LogP) is 3.14. The second-order valence-electron chi connectivity index (χ2n) is 8.05. The summed E-state index contributed by atoms with van der Waals surface area (Å²) in [6, 6.07) is 15.2. The zero-order chi connectivity index (χ0) is 23.8. The maximum Gasteiger partial charge on any atom is 0.332 e. The number of rotatable bonds is 6. The molecule has 0 aliphatic carbocycles. The van der Waals surface area contributed by atoms with Crippen molar-refractivity contribution < 1.29 is 9.13 Å². The maximum absolute atomic E-state index is 14.3. The molecule has 0 unspecified atom stereocenters. The van der Waals surface area contributed by atoms with E-state index in [0.29, 0.717) is 17.0 Å². The Bertz CT molecular complexity index is 1610. The first-order chi connectivity index (χ1) is 16.4. The van der Waals surface area contributed by atoms with Gasteiger partial charge in [0.1, 0.15) is 17.1 Å². The highest BCUT2D eigenvalue weighted by atomic mass is 19.1. The number of aromatic amines is 1. The first-order valence-corrected chi connectivity index (χ1v) is 10.7. The Labute approximate surface area is 193 Å². The smallest absolute Gasteiger partial charge is 0.332 e. The van der Waals surface area contributed by atoms with E-state index >= 15 is 0 Å². The number of H-pyrrole nitrogens is 1. The monoisotopic (exact) mass is 459 g/mol. The number of nitrogens with zero attached hydrogens (tertiary/aromatic N) is 4. The van der Waals surface area contributed by atoms with Crippen LogP contribution in [0.2, 0.25) is 0 Å². The SMILES string of the molecule is COc1ccc(Cn2c(=O)n(Cc3ccccc3F)c(=O)c3[nH]c(-c4cnn(C)c4)cc32)cc1. The minimum absolute atomic E-state index is 0.176. The van der Waals surface area contributed by atoms with Crippen LogP contribution in [0.4, 0.5) is 4.39 Å². The molecule has 0 aliphatic rings. The predicted molar refractivity (Wildman–Crippen MR) is 127 cm³/mol. The van der Waals surface area contributed by atoms with Crippen LogP contribution in [-0.4, -0.2) is 31.0 Å². The zero-order valence-corrected chi connectivity index (χ0v) is 18.7. The number of nitrogens with one attached hydrogen (secondary N) is 1. The van der Waals surface area contributed by atoms with Crippen LogP contribution in [0.25, 0.3) is 22.3 Å². The first kappa shape index (κ1) is 21.4. The summed E-state index contributed by atoms with van der Waals surface area (Å²) < 4.78 is 23.8. The van der Waals surface area contributed by atoms with Crippen LogP contribution in [0.1, 0.15) is 11.1 Å². The molecule has 2 aromatic carbocycles. The van der Waals surface area contributed by atoms with Gasteiger partial charge in [0.05, 0.1) is 37.6 Å². The number of aryl methyl sites for hydroxylation is 1. The fourth-order valence-electron chi connectivity index (χ4n) is 4.01. The second kappa shape index (κ2) is 8.51. The molecule has 9 heteroatoms. The Morgan fingerprint density at radius 1 is 1.03 bits per heavy atom. The Morgan fingerprint density at radius 3 is 2.47 bits per heavy atom. The Kier molecular flexibility index (Phi) is 5.37. The number of methoxy groups -OCH3 is 1. The van der Waals surface area contributed by atoms with Crippen molar-refractivity contribution in [3.8, 4) is 17.0 Å². The van der Waals surface area contributed by atoms with Crippen molar-refractivity contribution in [2.75, 3.05) is 7.11 Å². The molecule has 3 heterocycles. The molecule has 0 amide bonds. The molecular formula is C25H22FN5O3. The van der Waals surface area contributed by atoms with E-state index in [0.717, 1.165) is 15.7 Å². The summed E-state index contributed by atoms with van der Waals surface area (Å²) in [5.74, 6) is 0.226. The van der Waals surface area contributed by atoms with Gasteiger partial charge in [-0.1, -0.05) is 30.3 Å². The molecule has 5 aromatic rings. The molecular weight excluding hydrogens is 437 g/mol. The molecule has 0 spiro atoms. The van der Waals surface area contributed by atoms with Gasteiger partial charge in [-0.05, 0) is 29.8 Å². The normalized spacial score (nSPS) is 11.3. The summed E-state index contributed by atoms with van der Waals surface area (Å²) in [4.78, 5) is 30.1. The fourth-order valence-corrected chi connectivity index (χ4v) is 4.01. The average molecular weight is 459 g/mol. The van der Waals surface area contributed by atoms with E-state index in [1.54, 1.807) is 49.3 Å². The number of hydrogen-bond donors (Lipinski definition) is 1. The van der Waals surface area contributed by atoms with Crippen molar-refractivity contribution in [2.45, 2.75) is 13.1 Å². The van der Waals surface area contributed by atoms with Crippen LogP contribution < -0.4 is 16.0 Å². The van der Waals surface area contributed by atoms with E-state index in [2.05, 4.69) is 10.1 Å². The molecule has 0 atom stereocenters. The molecule has 5 rings (SSSR count). The summed E-state index contributed by atoms with van der Waals surface area (Å²) in [7, 11) is 3.38. The lowest BCUT2D eigenvalue weighted by atomic mass is 10.2. The van der Waals surface area contributed by atoms with Crippen LogP contribution >= 0.6 is 0 Å². The number of ether oxygens (including phenoxy) is 1. The Hall–Kier alpha value is -4.40. The number of aromatic nitrogens is 5. The molecule has 8 nitrogen and oxygen atoms in total. The lowest BCUT2D eigenvalue weighted by Gasteiger charge is -2.13. The third-order valence-electron chi connectivity index (χ3n) is 5.81. The molecule has 0 radical (unpaired) electrons. The van der Waals surface area contributed by atoms with Crippen LogP contribution in [0, 0.1) is 5.82 Å². The Balaban J connectivity index is 1.70. The highest BCUT2D eigenvalue weighted by molar-refractivity contribution is 5.82. The molecule has 1 N–H and O–H groups in total. The largest absolute Gasteiger partial charge is 0.497 e. The second-order valence-corrected chi connectivity index (χ2v) is 8.05. The van der Waals surface area contributed by atoms with Gasteiger partial charge < -0.3 is 9.72 Å². The van der Waals surface area contributed by atoms with Gasteiger partial charge in [0, 0.05) is 24.4 Å². The summed E-state index contributed by atoms with van der Waals surface area (Å²) in [6.07, 6.45) is 3.49. The van der Waals surface area contributed by atoms with Crippen molar-refractivity contribution in [1.29, 1.82) is 0 Å². The maximum atomic E-state index is 14.3. The number of halogens is 1. The Morgan fingerprint density at radius 2 is 1.79 bits per heavy atom. The molecule has 0 saturated carbocycles. The minimum Gasteiger partial charge on any atom is -0.497 e. The first-order valence-electron chi connectivity index (χ1n) is 10.7. The lowest BCUT2D eigenvalue weighted by Crippen LogP contribution is -2.40. The standard InChI is InChI=1S/C25H22FN5O3/c1-29-14-18(12-27-29)21-11-22-23(28-21)24(32)31(15-17-5-3-4-6-20(17)26)25(33)30(22)13-16-7-9-19(34-2)10-8-16/h3-12,14,28H,13,15H2,1-2H3. The van der Waals surface area contributed by atoms with Crippen molar-refractivity contribution in [3.05, 3.63) is 105 Å². The van der Waals surface area contributed by atoms with Gasteiger partial charge in [0.25, 0.3) is 5.56 Å². The average Bonchev–Trinajstić information content (AvgIpc) is 3.48. The summed E-state index contributed by atoms with van der Waals surface area (Å²) in [5, 5.41) is 4.18. The third kappa shape index (κ3) is 3.81. The fraction of sp³-hybridized carbons (Fsp3) is 0.160. The van der Waals surface area contributed by atoms with Crippen LogP contribution in [0.5, 0.6) is 5.75 Å². The molecule has 0 bridgehead atoms. The number of fused-ring (bicyclic) bond motifs is 1. The van der Waals surface area contributed by atoms with E-state index in [1.807, 2.05) is 30.5 Å². The van der Waals surface area contributed by atoms with Crippen molar-refractivity contribution in [1.82, 2.24) is 23.9 Å². The molecule has 0 saturated heterocycles. The molecule has 172 valence electrons. The summed E-state index contributed by atoms with van der Waals surface area (Å²) >= 11 is 0. The van der Waals surface area contributed by atoms with E-state index in [-0.39, 0.29) is 24.2 Å². The zero-order valence-electron chi connectivity index (χ0n) is 18.7. The third-order valence-corrected chi connectivity index (χ3v) is 5.81. The van der Waals surface area contributed by atoms with Gasteiger partial charge in [0.2, 0.25) is 0 Å². The summed E-state index contributed by atoms with van der Waals surface area (Å²) in [5.41, 5.74) is 2.25. The molecule has 34 heavy (non-hydrogen) atoms. The highest BCUT2D eigenvalue weighted by Crippen LogP contribution is 2.22. The van der Waals surface area contributed by atoms with Gasteiger partial charge in [-0.15, -0.1) is 0 Å². The van der Waals surface area contributed by atoms with E-state index in [1.165, 1.54) is 10.6 Å². The highest BCUT2D eigenvalue weighted by Gasteiger charge is 2.18. The van der Waals surface area contributed by atoms with Crippen molar-refractivity contribution in [3.63, 3.8) is 0 Å². The summed E-state index contributed by atoms with van der Waals surface area (Å²) in [6.45, 7) is 0.0470. The van der Waals surface area contributed by atoms with Gasteiger partial charge >= 0.3 is 5.69 Å². The van der Waals surface area contributed by atoms with Gasteiger partial charge in [-0.25, -0.2) is 9.18 Å². The quantitative estimate of drug-likeness (QED) is 0.423. The van der Waals surface area contributed by atoms with E-state index in [9.17, 15) is 14.0 Å². The number of hydrogen-bond acceptors (Lipinski definition) is 4. The molecule has 0 fully saturated rings. The topological polar surface area (TPSA) is 86.8 Å². The van der Waals surface area contributed by atoms with Gasteiger partial charge in [0.15, 0.2) is 0 Å². The number of benzene rings is 2.